The summed E-state index contributed by atoms with van der Waals surface area (Å²) in [6.45, 7) is 6.51. The van der Waals surface area contributed by atoms with Crippen molar-refractivity contribution >= 4 is 51.0 Å². The van der Waals surface area contributed by atoms with Crippen LogP contribution in [0.2, 0.25) is 0 Å². The molecule has 58 heavy (non-hydrogen) atoms. The number of halogens is 2. The van der Waals surface area contributed by atoms with Gasteiger partial charge in [-0.3, -0.25) is 24.7 Å². The molecule has 2 amide bonds. The number of piperazine rings is 1. The van der Waals surface area contributed by atoms with E-state index in [2.05, 4.69) is 98.9 Å². The van der Waals surface area contributed by atoms with Crippen LogP contribution in [0, 0.1) is 11.7 Å². The van der Waals surface area contributed by atoms with E-state index in [0.717, 1.165) is 67.8 Å². The van der Waals surface area contributed by atoms with Crippen molar-refractivity contribution < 1.29 is 18.7 Å². The molecule has 5 fully saturated rings. The zero-order chi connectivity index (χ0) is 39.6. The van der Waals surface area contributed by atoms with Gasteiger partial charge in [0.1, 0.15) is 24.2 Å². The maximum absolute atomic E-state index is 15.5. The second-order valence-corrected chi connectivity index (χ2v) is 16.8. The SMILES string of the molecule is O=C1CCC(n2cc3cc(F)c(N4CC5CC(C4)N5CC4CCN(CCOc5ccc(C(=C(CCCl)c6ccccc6)c6ccccc6)cc5)CC4)cc3c2)C(=O)N1. The molecule has 10 heteroatoms. The summed E-state index contributed by atoms with van der Waals surface area (Å²) >= 11 is 6.35. The second-order valence-electron chi connectivity index (χ2n) is 16.4. The Bertz CT molecular complexity index is 2260. The van der Waals surface area contributed by atoms with E-state index in [4.69, 9.17) is 16.3 Å². The highest BCUT2D eigenvalue weighted by atomic mass is 35.5. The first kappa shape index (κ1) is 38.6. The molecule has 3 atom stereocenters. The molecule has 1 N–H and O–H groups in total. The third-order valence-corrected chi connectivity index (χ3v) is 13.0. The molecular weight excluding hydrogens is 749 g/mol. The number of anilines is 1. The molecule has 2 bridgehead atoms. The monoisotopic (exact) mass is 799 g/mol. The Labute approximate surface area is 345 Å². The number of likely N-dealkylation sites (tertiary alicyclic amines) is 1. The summed E-state index contributed by atoms with van der Waals surface area (Å²) in [6, 6.07) is 33.6. The lowest BCUT2D eigenvalue weighted by atomic mass is 9.84. The van der Waals surface area contributed by atoms with E-state index in [9.17, 15) is 9.59 Å². The number of amides is 2. The first-order valence-electron chi connectivity index (χ1n) is 20.9. The quantitative estimate of drug-likeness (QED) is 0.0734. The molecule has 10 rings (SSSR count). The van der Waals surface area contributed by atoms with Crippen LogP contribution in [0.4, 0.5) is 10.1 Å². The van der Waals surface area contributed by atoms with E-state index >= 15 is 4.39 Å². The predicted molar refractivity (Wildman–Crippen MR) is 230 cm³/mol. The second kappa shape index (κ2) is 17.1. The Balaban J connectivity index is 0.752. The van der Waals surface area contributed by atoms with Gasteiger partial charge in [0.2, 0.25) is 11.8 Å². The number of hydrogen-bond acceptors (Lipinski definition) is 6. The standard InChI is InChI=1S/C48H51ClFN5O3/c49-20-17-42(34-7-3-1-4-8-34)47(35-9-5-2-6-10-35)36-11-13-41(14-12-36)58-24-23-52-21-18-33(19-22-52)28-55-39-27-40(55)32-54(31-39)45-26-38-30-53(29-37(38)25-43(45)50)44-15-16-46(56)51-48(44)57/h1-14,25-26,29-30,33,39-40,44H,15-24,27-28,31-32H2,(H,51,56,57). The first-order chi connectivity index (χ1) is 28.4. The van der Waals surface area contributed by atoms with Gasteiger partial charge >= 0.3 is 0 Å². The summed E-state index contributed by atoms with van der Waals surface area (Å²) in [5, 5.41) is 4.10. The lowest BCUT2D eigenvalue weighted by Crippen LogP contribution is -2.69. The van der Waals surface area contributed by atoms with Crippen LogP contribution in [0.25, 0.3) is 21.9 Å². The summed E-state index contributed by atoms with van der Waals surface area (Å²) in [4.78, 5) is 31.5. The number of hydrogen-bond donors (Lipinski definition) is 1. The van der Waals surface area contributed by atoms with Crippen molar-refractivity contribution in [1.29, 1.82) is 0 Å². The van der Waals surface area contributed by atoms with Crippen molar-refractivity contribution in [3.8, 4) is 5.75 Å². The zero-order valence-corrected chi connectivity index (χ0v) is 33.6. The molecule has 300 valence electrons. The number of fused-ring (bicyclic) bond motifs is 3. The molecule has 4 aromatic carbocycles. The summed E-state index contributed by atoms with van der Waals surface area (Å²) in [5.74, 6) is 1.35. The molecule has 0 spiro atoms. The number of ether oxygens (including phenoxy) is 1. The molecule has 8 nitrogen and oxygen atoms in total. The summed E-state index contributed by atoms with van der Waals surface area (Å²) in [6.07, 6.45) is 8.82. The van der Waals surface area contributed by atoms with Crippen molar-refractivity contribution in [3.05, 3.63) is 132 Å². The normalized spacial score (nSPS) is 22.1. The number of benzene rings is 4. The molecule has 5 aliphatic rings. The van der Waals surface area contributed by atoms with E-state index in [1.54, 1.807) is 6.07 Å². The van der Waals surface area contributed by atoms with Gasteiger partial charge in [0.05, 0.1) is 5.69 Å². The highest BCUT2D eigenvalue weighted by molar-refractivity contribution is 6.18. The molecular formula is C48H51ClFN5O3. The Hall–Kier alpha value is -4.96. The van der Waals surface area contributed by atoms with Crippen molar-refractivity contribution in [2.45, 2.75) is 56.7 Å². The number of rotatable bonds is 13. The molecule has 0 aliphatic carbocycles. The van der Waals surface area contributed by atoms with Gasteiger partial charge in [-0.15, -0.1) is 11.6 Å². The fourth-order valence-corrected chi connectivity index (χ4v) is 9.90. The Morgan fingerprint density at radius 2 is 1.47 bits per heavy atom. The smallest absolute Gasteiger partial charge is 0.249 e. The molecule has 3 unspecified atom stereocenters. The van der Waals surface area contributed by atoms with Crippen molar-refractivity contribution in [2.24, 2.45) is 5.92 Å². The zero-order valence-electron chi connectivity index (χ0n) is 32.9. The third-order valence-electron chi connectivity index (χ3n) is 12.8. The minimum atomic E-state index is -0.449. The van der Waals surface area contributed by atoms with Gasteiger partial charge in [0.15, 0.2) is 0 Å². The predicted octanol–water partition coefficient (Wildman–Crippen LogP) is 8.40. The summed E-state index contributed by atoms with van der Waals surface area (Å²) in [7, 11) is 0. The highest BCUT2D eigenvalue weighted by Gasteiger charge is 2.45. The molecule has 0 saturated carbocycles. The minimum Gasteiger partial charge on any atom is -0.492 e. The lowest BCUT2D eigenvalue weighted by Gasteiger charge is -2.58. The fourth-order valence-electron chi connectivity index (χ4n) is 9.71. The number of alkyl halides is 1. The van der Waals surface area contributed by atoms with E-state index in [1.807, 2.05) is 29.1 Å². The number of carbonyl (C=O) groups is 2. The van der Waals surface area contributed by atoms with Gasteiger partial charge in [-0.2, -0.15) is 0 Å². The average molecular weight is 800 g/mol. The molecule has 0 radical (unpaired) electrons. The first-order valence-corrected chi connectivity index (χ1v) is 21.4. The summed E-state index contributed by atoms with van der Waals surface area (Å²) < 4.78 is 23.6. The van der Waals surface area contributed by atoms with Crippen LogP contribution in [0.15, 0.2) is 109 Å². The van der Waals surface area contributed by atoms with Gasteiger partial charge < -0.3 is 14.2 Å². The van der Waals surface area contributed by atoms with Crippen LogP contribution in [0.5, 0.6) is 5.75 Å². The topological polar surface area (TPSA) is 70.0 Å². The highest BCUT2D eigenvalue weighted by Crippen LogP contribution is 2.39. The molecule has 6 heterocycles. The number of piperidine rings is 3. The molecule has 5 saturated heterocycles. The fraction of sp³-hybridized carbons (Fsp3) is 0.375. The van der Waals surface area contributed by atoms with Crippen LogP contribution >= 0.6 is 11.6 Å². The van der Waals surface area contributed by atoms with Crippen molar-refractivity contribution in [3.63, 3.8) is 0 Å². The van der Waals surface area contributed by atoms with E-state index in [0.29, 0.717) is 49.0 Å². The Morgan fingerprint density at radius 3 is 2.14 bits per heavy atom. The average Bonchev–Trinajstić information content (AvgIpc) is 3.66. The minimum absolute atomic E-state index is 0.223. The van der Waals surface area contributed by atoms with Crippen LogP contribution in [-0.2, 0) is 9.59 Å². The Kier molecular flexibility index (Phi) is 11.4. The number of nitrogens with zero attached hydrogens (tertiary/aromatic N) is 4. The van der Waals surface area contributed by atoms with Crippen LogP contribution in [-0.4, -0.2) is 90.0 Å². The van der Waals surface area contributed by atoms with Crippen molar-refractivity contribution in [2.75, 3.05) is 56.7 Å². The largest absolute Gasteiger partial charge is 0.492 e. The lowest BCUT2D eigenvalue weighted by molar-refractivity contribution is -0.135. The molecule has 1 aromatic heterocycles. The van der Waals surface area contributed by atoms with Crippen LogP contribution < -0.4 is 15.0 Å². The number of nitrogens with one attached hydrogen (secondary N) is 1. The van der Waals surface area contributed by atoms with Crippen LogP contribution in [0.1, 0.15) is 61.3 Å². The maximum atomic E-state index is 15.5. The van der Waals surface area contributed by atoms with E-state index < -0.39 is 6.04 Å². The third kappa shape index (κ3) is 8.17. The number of carbonyl (C=O) groups excluding carboxylic acids is 2. The number of imide groups is 1. The van der Waals surface area contributed by atoms with Crippen LogP contribution in [0.3, 0.4) is 0 Å². The maximum Gasteiger partial charge on any atom is 0.249 e. The van der Waals surface area contributed by atoms with E-state index in [-0.39, 0.29) is 17.6 Å². The van der Waals surface area contributed by atoms with Gasteiger partial charge in [0, 0.05) is 73.7 Å². The van der Waals surface area contributed by atoms with E-state index in [1.165, 1.54) is 41.5 Å². The van der Waals surface area contributed by atoms with Gasteiger partial charge in [-0.1, -0.05) is 72.8 Å². The van der Waals surface area contributed by atoms with Gasteiger partial charge in [-0.05, 0) is 103 Å². The van der Waals surface area contributed by atoms with Gasteiger partial charge in [0.25, 0.3) is 0 Å². The van der Waals surface area contributed by atoms with Crippen molar-refractivity contribution in [1.82, 2.24) is 19.7 Å². The summed E-state index contributed by atoms with van der Waals surface area (Å²) in [5.41, 5.74) is 6.60. The number of allylic oxidation sites excluding steroid dienone is 1. The Morgan fingerprint density at radius 1 is 0.810 bits per heavy atom. The van der Waals surface area contributed by atoms with Gasteiger partial charge in [-0.25, -0.2) is 4.39 Å². The number of aromatic nitrogens is 1. The molecule has 5 aromatic rings. The molecule has 5 aliphatic heterocycles.